The fraction of sp³-hybridized carbons (Fsp3) is 0.385. The molecule has 1 unspecified atom stereocenters. The van der Waals surface area contributed by atoms with Crippen molar-refractivity contribution in [2.75, 3.05) is 0 Å². The molecule has 16 heavy (non-hydrogen) atoms. The number of aliphatic imine (C=N–C) groups is 1. The van der Waals surface area contributed by atoms with Gasteiger partial charge in [0.1, 0.15) is 11.6 Å². The van der Waals surface area contributed by atoms with Gasteiger partial charge in [-0.05, 0) is 26.3 Å². The van der Waals surface area contributed by atoms with E-state index in [1.54, 1.807) is 6.92 Å². The molecular weight excluding hydrogens is 202 g/mol. The third-order valence-electron chi connectivity index (χ3n) is 2.64. The average Bonchev–Trinajstić information content (AvgIpc) is 2.24. The number of carbonyl (C=O) groups excluding carboxylic acids is 1. The molecule has 0 spiro atoms. The van der Waals surface area contributed by atoms with Gasteiger partial charge < -0.3 is 4.74 Å². The molecule has 0 saturated heterocycles. The molecule has 0 N–H and O–H groups in total. The molecule has 1 atom stereocenters. The van der Waals surface area contributed by atoms with Crippen LogP contribution in [-0.2, 0) is 9.53 Å². The minimum atomic E-state index is -0.648. The second-order valence-electron chi connectivity index (χ2n) is 4.45. The van der Waals surface area contributed by atoms with Gasteiger partial charge in [0, 0.05) is 0 Å². The van der Waals surface area contributed by atoms with Crippen LogP contribution in [0.2, 0.25) is 0 Å². The van der Waals surface area contributed by atoms with Gasteiger partial charge >= 0.3 is 5.97 Å². The van der Waals surface area contributed by atoms with E-state index < -0.39 is 11.6 Å². The fourth-order valence-corrected chi connectivity index (χ4v) is 1.81. The van der Waals surface area contributed by atoms with Crippen LogP contribution >= 0.6 is 0 Å². The summed E-state index contributed by atoms with van der Waals surface area (Å²) in [5.74, 6) is -0.260. The lowest BCUT2D eigenvalue weighted by Gasteiger charge is -2.32. The van der Waals surface area contributed by atoms with Crippen molar-refractivity contribution in [2.45, 2.75) is 32.4 Å². The zero-order chi connectivity index (χ0) is 11.8. The minimum Gasteiger partial charge on any atom is -0.452 e. The molecule has 2 rings (SSSR count). The summed E-state index contributed by atoms with van der Waals surface area (Å²) in [6.45, 7) is 5.48. The summed E-state index contributed by atoms with van der Waals surface area (Å²) < 4.78 is 5.38. The monoisotopic (exact) mass is 217 g/mol. The van der Waals surface area contributed by atoms with E-state index in [1.165, 1.54) is 0 Å². The average molecular weight is 217 g/mol. The number of ether oxygens (including phenoxy) is 1. The molecule has 0 radical (unpaired) electrons. The normalized spacial score (nSPS) is 23.6. The number of esters is 1. The number of nitrogens with zero attached hydrogens (tertiary/aromatic N) is 1. The number of hydrogen-bond donors (Lipinski definition) is 0. The molecule has 0 bridgehead atoms. The maximum Gasteiger partial charge on any atom is 0.331 e. The second kappa shape index (κ2) is 3.74. The van der Waals surface area contributed by atoms with Crippen molar-refractivity contribution >= 4 is 11.7 Å². The van der Waals surface area contributed by atoms with Crippen molar-refractivity contribution in [3.8, 4) is 0 Å². The van der Waals surface area contributed by atoms with Crippen LogP contribution in [0.3, 0.4) is 0 Å². The van der Waals surface area contributed by atoms with E-state index >= 15 is 0 Å². The van der Waals surface area contributed by atoms with Crippen molar-refractivity contribution in [1.29, 1.82) is 0 Å². The Hall–Kier alpha value is -1.64. The Kier molecular flexibility index (Phi) is 2.54. The molecule has 1 aromatic rings. The van der Waals surface area contributed by atoms with Crippen LogP contribution in [0.4, 0.5) is 0 Å². The van der Waals surface area contributed by atoms with Gasteiger partial charge in [0.2, 0.25) is 0 Å². The largest absolute Gasteiger partial charge is 0.452 e. The summed E-state index contributed by atoms with van der Waals surface area (Å²) in [7, 11) is 0. The van der Waals surface area contributed by atoms with Crippen LogP contribution in [0, 0.1) is 0 Å². The SMILES string of the molecule is CC1N=C(c2ccccc2)C(C)(C)OC1=O. The molecule has 0 amide bonds. The van der Waals surface area contributed by atoms with E-state index in [1.807, 2.05) is 44.2 Å². The number of hydrogen-bond acceptors (Lipinski definition) is 3. The Balaban J connectivity index is 2.47. The number of benzene rings is 1. The number of carbonyl (C=O) groups is 1. The standard InChI is InChI=1S/C13H15NO2/c1-9-12(15)16-13(2,3)11(14-9)10-7-5-4-6-8-10/h4-9H,1-3H3. The Morgan fingerprint density at radius 2 is 1.88 bits per heavy atom. The molecule has 0 aliphatic carbocycles. The Morgan fingerprint density at radius 1 is 1.25 bits per heavy atom. The molecule has 84 valence electrons. The third-order valence-corrected chi connectivity index (χ3v) is 2.64. The molecule has 0 saturated carbocycles. The molecule has 1 aliphatic rings. The molecule has 3 heteroatoms. The van der Waals surface area contributed by atoms with Crippen LogP contribution in [0.15, 0.2) is 35.3 Å². The molecule has 1 heterocycles. The van der Waals surface area contributed by atoms with Crippen LogP contribution in [0.5, 0.6) is 0 Å². The zero-order valence-electron chi connectivity index (χ0n) is 9.73. The van der Waals surface area contributed by atoms with E-state index in [0.717, 1.165) is 11.3 Å². The molecule has 1 aliphatic heterocycles. The molecule has 0 fully saturated rings. The van der Waals surface area contributed by atoms with E-state index in [9.17, 15) is 4.79 Å². The zero-order valence-corrected chi connectivity index (χ0v) is 9.73. The van der Waals surface area contributed by atoms with Crippen molar-refractivity contribution in [2.24, 2.45) is 4.99 Å². The van der Waals surface area contributed by atoms with Crippen LogP contribution in [-0.4, -0.2) is 23.3 Å². The van der Waals surface area contributed by atoms with Crippen molar-refractivity contribution in [3.63, 3.8) is 0 Å². The second-order valence-corrected chi connectivity index (χ2v) is 4.45. The lowest BCUT2D eigenvalue weighted by molar-refractivity contribution is -0.153. The van der Waals surface area contributed by atoms with Gasteiger partial charge in [-0.2, -0.15) is 0 Å². The minimum absolute atomic E-state index is 0.260. The molecular formula is C13H15NO2. The van der Waals surface area contributed by atoms with Gasteiger partial charge in [-0.15, -0.1) is 0 Å². The van der Waals surface area contributed by atoms with Gasteiger partial charge in [0.25, 0.3) is 0 Å². The van der Waals surface area contributed by atoms with Crippen LogP contribution in [0.25, 0.3) is 0 Å². The first-order valence-corrected chi connectivity index (χ1v) is 5.37. The van der Waals surface area contributed by atoms with Crippen molar-refractivity contribution < 1.29 is 9.53 Å². The third kappa shape index (κ3) is 1.85. The van der Waals surface area contributed by atoms with Gasteiger partial charge in [-0.25, -0.2) is 4.79 Å². The van der Waals surface area contributed by atoms with E-state index in [2.05, 4.69) is 4.99 Å². The van der Waals surface area contributed by atoms with Crippen LogP contribution in [0.1, 0.15) is 26.3 Å². The smallest absolute Gasteiger partial charge is 0.331 e. The maximum atomic E-state index is 11.5. The summed E-state index contributed by atoms with van der Waals surface area (Å²) in [6, 6.07) is 9.40. The Morgan fingerprint density at radius 3 is 2.50 bits per heavy atom. The first-order valence-electron chi connectivity index (χ1n) is 5.37. The predicted molar refractivity (Wildman–Crippen MR) is 62.6 cm³/mol. The predicted octanol–water partition coefficient (Wildman–Crippen LogP) is 2.20. The molecule has 0 aromatic heterocycles. The Labute approximate surface area is 95.2 Å². The fourth-order valence-electron chi connectivity index (χ4n) is 1.81. The van der Waals surface area contributed by atoms with Crippen molar-refractivity contribution in [1.82, 2.24) is 0 Å². The summed E-state index contributed by atoms with van der Waals surface area (Å²) in [5.41, 5.74) is 1.19. The topological polar surface area (TPSA) is 38.7 Å². The van der Waals surface area contributed by atoms with Crippen LogP contribution < -0.4 is 0 Å². The van der Waals surface area contributed by atoms with Gasteiger partial charge in [-0.3, -0.25) is 4.99 Å². The summed E-state index contributed by atoms with van der Waals surface area (Å²) in [6.07, 6.45) is 0. The van der Waals surface area contributed by atoms with Gasteiger partial charge in [-0.1, -0.05) is 30.3 Å². The number of rotatable bonds is 1. The number of cyclic esters (lactones) is 1. The Bertz CT molecular complexity index is 435. The van der Waals surface area contributed by atoms with Gasteiger partial charge in [0.05, 0.1) is 5.71 Å². The maximum absolute atomic E-state index is 11.5. The highest BCUT2D eigenvalue weighted by Gasteiger charge is 2.37. The highest BCUT2D eigenvalue weighted by Crippen LogP contribution is 2.24. The molecule has 3 nitrogen and oxygen atoms in total. The van der Waals surface area contributed by atoms with Gasteiger partial charge in [0.15, 0.2) is 0 Å². The lowest BCUT2D eigenvalue weighted by atomic mass is 9.93. The first-order chi connectivity index (χ1) is 7.50. The summed E-state index contributed by atoms with van der Waals surface area (Å²) in [5, 5.41) is 0. The van der Waals surface area contributed by atoms with Crippen molar-refractivity contribution in [3.05, 3.63) is 35.9 Å². The van der Waals surface area contributed by atoms with E-state index in [-0.39, 0.29) is 5.97 Å². The van der Waals surface area contributed by atoms with E-state index in [0.29, 0.717) is 0 Å². The molecule has 1 aromatic carbocycles. The quantitative estimate of drug-likeness (QED) is 0.676. The first kappa shape index (κ1) is 10.9. The van der Waals surface area contributed by atoms with E-state index in [4.69, 9.17) is 4.74 Å². The lowest BCUT2D eigenvalue weighted by Crippen LogP contribution is -2.45. The summed E-state index contributed by atoms with van der Waals surface area (Å²) in [4.78, 5) is 15.9. The summed E-state index contributed by atoms with van der Waals surface area (Å²) >= 11 is 0. The highest BCUT2D eigenvalue weighted by molar-refractivity contribution is 6.09. The highest BCUT2D eigenvalue weighted by atomic mass is 16.6.